The third kappa shape index (κ3) is 9.18. The van der Waals surface area contributed by atoms with Crippen LogP contribution in [-0.2, 0) is 0 Å². The van der Waals surface area contributed by atoms with Crippen molar-refractivity contribution in [3.05, 3.63) is 0 Å². The summed E-state index contributed by atoms with van der Waals surface area (Å²) in [5.41, 5.74) is 0. The SMILES string of the molecule is O.S.[GaH3].[InH3]. The molecule has 2 N–H and O–H groups in total. The summed E-state index contributed by atoms with van der Waals surface area (Å²) in [5.74, 6) is 0. The standard InChI is InChI=1S/Ga.In.H2O.H2S.6H/h;;2*1H2;;;;;;. The summed E-state index contributed by atoms with van der Waals surface area (Å²) in [4.78, 5) is 0. The van der Waals surface area contributed by atoms with Crippen LogP contribution in [0.15, 0.2) is 0 Å². The Kier molecular flexibility index (Phi) is 217. The third-order valence-electron chi connectivity index (χ3n) is 0. The Balaban J connectivity index is 0. The van der Waals surface area contributed by atoms with Gasteiger partial charge in [0.15, 0.2) is 0 Å². The number of hydrogen-bond donors (Lipinski definition) is 0. The molecule has 0 radical (unpaired) electrons. The molecule has 0 atom stereocenters. The Morgan fingerprint density at radius 3 is 1.00 bits per heavy atom. The Bertz CT molecular complexity index is 8.00. The van der Waals surface area contributed by atoms with E-state index in [-0.39, 0.29) is 64.6 Å². The second-order valence-electron chi connectivity index (χ2n) is 0. The van der Waals surface area contributed by atoms with Crippen molar-refractivity contribution in [1.82, 2.24) is 0 Å². The molecule has 0 bridgehead atoms. The zero-order valence-corrected chi connectivity index (χ0v) is 2.00. The number of hydrogen-bond acceptors (Lipinski definition) is 0. The summed E-state index contributed by atoms with van der Waals surface area (Å²) >= 11 is 0. The van der Waals surface area contributed by atoms with Crippen LogP contribution in [0.2, 0.25) is 0 Å². The van der Waals surface area contributed by atoms with Gasteiger partial charge in [0.1, 0.15) is 0 Å². The molecule has 0 aliphatic rings. The van der Waals surface area contributed by atoms with E-state index in [1.165, 1.54) is 0 Å². The molecule has 0 unspecified atom stereocenters. The fourth-order valence-corrected chi connectivity index (χ4v) is 0. The van der Waals surface area contributed by atoms with Crippen LogP contribution in [0.3, 0.4) is 0 Å². The van der Waals surface area contributed by atoms with Crippen molar-refractivity contribution in [3.63, 3.8) is 0 Å². The Morgan fingerprint density at radius 2 is 1.00 bits per heavy atom. The third-order valence-corrected chi connectivity index (χ3v) is 0. The van der Waals surface area contributed by atoms with Crippen LogP contribution in [0.1, 0.15) is 0 Å². The predicted molar refractivity (Wildman–Crippen MR) is 33.9 cm³/mol. The van der Waals surface area contributed by atoms with Gasteiger partial charge in [0.25, 0.3) is 0 Å². The van der Waals surface area contributed by atoms with Crippen LogP contribution in [0, 0.1) is 0 Å². The molecule has 4 heteroatoms. The van der Waals surface area contributed by atoms with Crippen LogP contribution in [0.5, 0.6) is 0 Å². The molecule has 0 aliphatic heterocycles. The monoisotopic (exact) mass is 242 g/mol. The summed E-state index contributed by atoms with van der Waals surface area (Å²) in [7, 11) is 0. The Morgan fingerprint density at radius 1 is 1.00 bits per heavy atom. The van der Waals surface area contributed by atoms with E-state index in [2.05, 4.69) is 0 Å². The van der Waals surface area contributed by atoms with Gasteiger partial charge in [0, 0.05) is 0 Å². The second kappa shape index (κ2) is 21.3. The van der Waals surface area contributed by atoms with Crippen molar-refractivity contribution < 1.29 is 5.48 Å². The first kappa shape index (κ1) is 40.9. The van der Waals surface area contributed by atoms with Gasteiger partial charge >= 0.3 is 45.6 Å². The molecule has 0 saturated heterocycles. The van der Waals surface area contributed by atoms with Crippen LogP contribution in [0.25, 0.3) is 0 Å². The van der Waals surface area contributed by atoms with Gasteiger partial charge in [-0.25, -0.2) is 0 Å². The van der Waals surface area contributed by atoms with E-state index in [9.17, 15) is 0 Å². The van der Waals surface area contributed by atoms with Crippen molar-refractivity contribution in [2.45, 2.75) is 0 Å². The predicted octanol–water partition coefficient (Wildman–Crippen LogP) is -3.08. The fourth-order valence-electron chi connectivity index (χ4n) is 0. The molecule has 0 aromatic carbocycles. The summed E-state index contributed by atoms with van der Waals surface area (Å²) in [6.45, 7) is 0. The molecule has 0 saturated carbocycles. The zero-order chi connectivity index (χ0) is 0. The van der Waals surface area contributed by atoms with E-state index in [1.54, 1.807) is 0 Å². The first-order valence-corrected chi connectivity index (χ1v) is 0. The van der Waals surface area contributed by atoms with Gasteiger partial charge in [-0.15, -0.1) is 0 Å². The van der Waals surface area contributed by atoms with Crippen molar-refractivity contribution in [2.24, 2.45) is 0 Å². The normalized spacial score (nSPS) is 0. The molecule has 0 heterocycles. The van der Waals surface area contributed by atoms with Crippen LogP contribution >= 0.6 is 13.5 Å². The van der Waals surface area contributed by atoms with Crippen molar-refractivity contribution in [3.8, 4) is 0 Å². The van der Waals surface area contributed by atoms with E-state index >= 15 is 0 Å². The van der Waals surface area contributed by atoms with Crippen molar-refractivity contribution >= 4 is 59.1 Å². The maximum atomic E-state index is 0. The van der Waals surface area contributed by atoms with E-state index in [0.717, 1.165) is 0 Å². The number of rotatable bonds is 0. The van der Waals surface area contributed by atoms with Crippen LogP contribution in [-0.4, -0.2) is 51.1 Å². The van der Waals surface area contributed by atoms with E-state index in [1.807, 2.05) is 0 Å². The first-order chi connectivity index (χ1) is 0. The fraction of sp³-hybridized carbons (Fsp3) is 0. The quantitative estimate of drug-likeness (QED) is 0.404. The maximum absolute atomic E-state index is 0. The molecule has 4 heavy (non-hydrogen) atoms. The molecular weight excluding hydrogens is 233 g/mol. The molecule has 28 valence electrons. The average molecular weight is 243 g/mol. The average Bonchev–Trinajstić information content (AvgIpc) is 0. The molecule has 0 fully saturated rings. The van der Waals surface area contributed by atoms with Gasteiger partial charge in [0.05, 0.1) is 0 Å². The van der Waals surface area contributed by atoms with Crippen LogP contribution < -0.4 is 0 Å². The molecular formula is H10GaInOS. The molecule has 0 aromatic heterocycles. The summed E-state index contributed by atoms with van der Waals surface area (Å²) in [6, 6.07) is 0. The first-order valence-electron chi connectivity index (χ1n) is 0. The van der Waals surface area contributed by atoms with Crippen molar-refractivity contribution in [1.29, 1.82) is 0 Å². The Labute approximate surface area is 64.1 Å². The van der Waals surface area contributed by atoms with Gasteiger partial charge in [-0.3, -0.25) is 0 Å². The van der Waals surface area contributed by atoms with Gasteiger partial charge in [-0.2, -0.15) is 13.5 Å². The molecule has 0 aromatic rings. The summed E-state index contributed by atoms with van der Waals surface area (Å²) < 4.78 is 0. The van der Waals surface area contributed by atoms with E-state index in [0.29, 0.717) is 0 Å². The summed E-state index contributed by atoms with van der Waals surface area (Å²) in [6.07, 6.45) is 0. The molecule has 0 spiro atoms. The minimum atomic E-state index is 0. The Hall–Kier alpha value is 1.82. The minimum absolute atomic E-state index is 0. The van der Waals surface area contributed by atoms with Gasteiger partial charge in [-0.1, -0.05) is 0 Å². The van der Waals surface area contributed by atoms with E-state index < -0.39 is 0 Å². The molecule has 0 rings (SSSR count). The van der Waals surface area contributed by atoms with Crippen LogP contribution in [0.4, 0.5) is 0 Å². The topological polar surface area (TPSA) is 31.5 Å². The summed E-state index contributed by atoms with van der Waals surface area (Å²) in [5, 5.41) is 0. The van der Waals surface area contributed by atoms with Gasteiger partial charge in [0.2, 0.25) is 0 Å². The van der Waals surface area contributed by atoms with Gasteiger partial charge < -0.3 is 5.48 Å². The molecule has 0 amide bonds. The second-order valence-corrected chi connectivity index (χ2v) is 0. The van der Waals surface area contributed by atoms with Crippen molar-refractivity contribution in [2.75, 3.05) is 0 Å². The molecule has 0 aliphatic carbocycles. The molecule has 1 nitrogen and oxygen atoms in total. The van der Waals surface area contributed by atoms with Gasteiger partial charge in [-0.05, 0) is 0 Å². The zero-order valence-electron chi connectivity index (χ0n) is 1.00. The van der Waals surface area contributed by atoms with E-state index in [4.69, 9.17) is 0 Å².